The average Bonchev–Trinajstić information content (AvgIpc) is 2.77. The van der Waals surface area contributed by atoms with Crippen LogP contribution in [-0.4, -0.2) is 43.0 Å². The number of carbonyl (C=O) groups excluding carboxylic acids is 2. The third kappa shape index (κ3) is 7.90. The van der Waals surface area contributed by atoms with E-state index in [9.17, 15) is 9.59 Å². The van der Waals surface area contributed by atoms with Gasteiger partial charge in [0.15, 0.2) is 6.61 Å². The van der Waals surface area contributed by atoms with Crippen molar-refractivity contribution < 1.29 is 19.1 Å². The molecule has 0 radical (unpaired) electrons. The first-order valence-corrected chi connectivity index (χ1v) is 11.2. The Bertz CT molecular complexity index is 838. The van der Waals surface area contributed by atoms with E-state index in [0.29, 0.717) is 31.2 Å². The van der Waals surface area contributed by atoms with E-state index in [1.165, 1.54) is 0 Å². The molecule has 168 valence electrons. The Morgan fingerprint density at radius 1 is 1.03 bits per heavy atom. The van der Waals surface area contributed by atoms with Crippen LogP contribution in [0, 0.1) is 5.92 Å². The molecule has 0 aromatic heterocycles. The van der Waals surface area contributed by atoms with Crippen molar-refractivity contribution >= 4 is 27.7 Å². The summed E-state index contributed by atoms with van der Waals surface area (Å²) in [6.07, 6.45) is 0.504. The Kier molecular flexibility index (Phi) is 9.85. The van der Waals surface area contributed by atoms with Crippen molar-refractivity contribution in [3.05, 3.63) is 58.6 Å². The van der Waals surface area contributed by atoms with Crippen LogP contribution in [0.25, 0.3) is 0 Å². The normalized spacial score (nSPS) is 11.7. The molecular formula is C24H31BrN2O4. The monoisotopic (exact) mass is 490 g/mol. The number of carbonyl (C=O) groups is 2. The molecule has 31 heavy (non-hydrogen) atoms. The van der Waals surface area contributed by atoms with Crippen LogP contribution < -0.4 is 14.8 Å². The van der Waals surface area contributed by atoms with Gasteiger partial charge in [0.25, 0.3) is 5.91 Å². The second kappa shape index (κ2) is 12.3. The molecule has 0 saturated heterocycles. The Morgan fingerprint density at radius 3 is 2.19 bits per heavy atom. The molecule has 0 aliphatic heterocycles. The van der Waals surface area contributed by atoms with E-state index >= 15 is 0 Å². The van der Waals surface area contributed by atoms with E-state index < -0.39 is 6.04 Å². The van der Waals surface area contributed by atoms with Gasteiger partial charge < -0.3 is 19.7 Å². The molecule has 2 rings (SSSR count). The van der Waals surface area contributed by atoms with Gasteiger partial charge in [-0.15, -0.1) is 0 Å². The maximum atomic E-state index is 13.1. The zero-order chi connectivity index (χ0) is 22.8. The summed E-state index contributed by atoms with van der Waals surface area (Å²) in [5, 5.41) is 2.95. The number of hydrogen-bond acceptors (Lipinski definition) is 4. The molecule has 7 heteroatoms. The van der Waals surface area contributed by atoms with E-state index in [0.717, 1.165) is 15.8 Å². The molecule has 1 N–H and O–H groups in total. The summed E-state index contributed by atoms with van der Waals surface area (Å²) in [6, 6.07) is 14.2. The maximum Gasteiger partial charge on any atom is 0.261 e. The number of hydrogen-bond donors (Lipinski definition) is 1. The minimum absolute atomic E-state index is 0.147. The lowest BCUT2D eigenvalue weighted by molar-refractivity contribution is -0.143. The number of ether oxygens (including phenoxy) is 2. The summed E-state index contributed by atoms with van der Waals surface area (Å²) < 4.78 is 11.8. The number of methoxy groups -OCH3 is 1. The van der Waals surface area contributed by atoms with Gasteiger partial charge in [-0.1, -0.05) is 48.8 Å². The van der Waals surface area contributed by atoms with Gasteiger partial charge in [0.05, 0.1) is 7.11 Å². The van der Waals surface area contributed by atoms with Crippen LogP contribution >= 0.6 is 15.9 Å². The minimum Gasteiger partial charge on any atom is -0.497 e. The van der Waals surface area contributed by atoms with Crippen molar-refractivity contribution in [1.29, 1.82) is 0 Å². The van der Waals surface area contributed by atoms with Crippen LogP contribution in [0.4, 0.5) is 0 Å². The topological polar surface area (TPSA) is 67.9 Å². The van der Waals surface area contributed by atoms with Gasteiger partial charge in [0, 0.05) is 17.6 Å². The molecule has 6 nitrogen and oxygen atoms in total. The van der Waals surface area contributed by atoms with Crippen molar-refractivity contribution in [1.82, 2.24) is 10.2 Å². The Morgan fingerprint density at radius 2 is 1.65 bits per heavy atom. The van der Waals surface area contributed by atoms with E-state index in [1.54, 1.807) is 24.1 Å². The molecule has 2 amide bonds. The fourth-order valence-electron chi connectivity index (χ4n) is 3.03. The number of nitrogens with one attached hydrogen (secondary N) is 1. The SMILES string of the molecule is CCC(C(=O)NCC(C)C)N(Cc1ccc(OC)cc1)C(=O)COc1ccc(Br)cc1. The van der Waals surface area contributed by atoms with Crippen molar-refractivity contribution in [2.24, 2.45) is 5.92 Å². The third-order valence-corrected chi connectivity index (χ3v) is 5.29. The van der Waals surface area contributed by atoms with Crippen LogP contribution in [0.15, 0.2) is 53.0 Å². The zero-order valence-electron chi connectivity index (χ0n) is 18.6. The zero-order valence-corrected chi connectivity index (χ0v) is 20.1. The number of rotatable bonds is 11. The highest BCUT2D eigenvalue weighted by molar-refractivity contribution is 9.10. The molecule has 0 bridgehead atoms. The third-order valence-electron chi connectivity index (χ3n) is 4.76. The smallest absolute Gasteiger partial charge is 0.261 e. The predicted octanol–water partition coefficient (Wildman–Crippen LogP) is 4.42. The fraction of sp³-hybridized carbons (Fsp3) is 0.417. The molecule has 0 fully saturated rings. The lowest BCUT2D eigenvalue weighted by Crippen LogP contribution is -2.50. The molecule has 1 atom stereocenters. The Labute approximate surface area is 193 Å². The van der Waals surface area contributed by atoms with Gasteiger partial charge in [-0.2, -0.15) is 0 Å². The first-order valence-electron chi connectivity index (χ1n) is 10.4. The van der Waals surface area contributed by atoms with E-state index in [4.69, 9.17) is 9.47 Å². The van der Waals surface area contributed by atoms with Crippen molar-refractivity contribution in [2.75, 3.05) is 20.3 Å². The van der Waals surface area contributed by atoms with E-state index in [2.05, 4.69) is 21.2 Å². The van der Waals surface area contributed by atoms with Crippen molar-refractivity contribution in [2.45, 2.75) is 39.8 Å². The average molecular weight is 491 g/mol. The predicted molar refractivity (Wildman–Crippen MR) is 125 cm³/mol. The lowest BCUT2D eigenvalue weighted by atomic mass is 10.1. The van der Waals surface area contributed by atoms with Crippen LogP contribution in [-0.2, 0) is 16.1 Å². The van der Waals surface area contributed by atoms with E-state index in [1.807, 2.05) is 57.2 Å². The summed E-state index contributed by atoms with van der Waals surface area (Å²) in [4.78, 5) is 27.6. The quantitative estimate of drug-likeness (QED) is 0.506. The standard InChI is InChI=1S/C24H31BrN2O4/c1-5-22(24(29)26-14-17(2)3)27(15-18-6-10-20(30-4)11-7-18)23(28)16-31-21-12-8-19(25)9-13-21/h6-13,17,22H,5,14-16H2,1-4H3,(H,26,29). The first kappa shape index (κ1) is 24.7. The molecule has 0 saturated carbocycles. The molecule has 2 aromatic carbocycles. The molecule has 2 aromatic rings. The molecule has 0 heterocycles. The van der Waals surface area contributed by atoms with Crippen LogP contribution in [0.3, 0.4) is 0 Å². The Balaban J connectivity index is 2.18. The number of nitrogens with zero attached hydrogens (tertiary/aromatic N) is 1. The summed E-state index contributed by atoms with van der Waals surface area (Å²) in [5.74, 6) is 1.26. The Hall–Kier alpha value is -2.54. The van der Waals surface area contributed by atoms with Gasteiger partial charge in [-0.05, 0) is 54.3 Å². The molecule has 0 aliphatic carbocycles. The molecule has 0 aliphatic rings. The number of benzene rings is 2. The van der Waals surface area contributed by atoms with Crippen LogP contribution in [0.2, 0.25) is 0 Å². The highest BCUT2D eigenvalue weighted by Gasteiger charge is 2.29. The second-order valence-electron chi connectivity index (χ2n) is 7.68. The summed E-state index contributed by atoms with van der Waals surface area (Å²) >= 11 is 3.38. The minimum atomic E-state index is -0.582. The molecular weight excluding hydrogens is 460 g/mol. The maximum absolute atomic E-state index is 13.1. The van der Waals surface area contributed by atoms with Crippen LogP contribution in [0.1, 0.15) is 32.8 Å². The second-order valence-corrected chi connectivity index (χ2v) is 8.59. The van der Waals surface area contributed by atoms with Gasteiger partial charge in [0.2, 0.25) is 5.91 Å². The molecule has 1 unspecified atom stereocenters. The van der Waals surface area contributed by atoms with E-state index in [-0.39, 0.29) is 18.4 Å². The van der Waals surface area contributed by atoms with Gasteiger partial charge in [0.1, 0.15) is 17.5 Å². The first-order chi connectivity index (χ1) is 14.8. The summed E-state index contributed by atoms with van der Waals surface area (Å²) in [7, 11) is 1.61. The fourth-order valence-corrected chi connectivity index (χ4v) is 3.29. The number of amides is 2. The van der Waals surface area contributed by atoms with Crippen molar-refractivity contribution in [3.8, 4) is 11.5 Å². The number of halogens is 1. The summed E-state index contributed by atoms with van der Waals surface area (Å²) in [6.45, 7) is 6.70. The van der Waals surface area contributed by atoms with Gasteiger partial charge in [-0.3, -0.25) is 9.59 Å². The summed E-state index contributed by atoms with van der Waals surface area (Å²) in [5.41, 5.74) is 0.910. The van der Waals surface area contributed by atoms with Crippen LogP contribution in [0.5, 0.6) is 11.5 Å². The van der Waals surface area contributed by atoms with Gasteiger partial charge in [-0.25, -0.2) is 0 Å². The molecule has 0 spiro atoms. The highest BCUT2D eigenvalue weighted by Crippen LogP contribution is 2.18. The largest absolute Gasteiger partial charge is 0.497 e. The lowest BCUT2D eigenvalue weighted by Gasteiger charge is -2.31. The highest BCUT2D eigenvalue weighted by atomic mass is 79.9. The van der Waals surface area contributed by atoms with Gasteiger partial charge >= 0.3 is 0 Å². The van der Waals surface area contributed by atoms with Crippen molar-refractivity contribution in [3.63, 3.8) is 0 Å².